The second-order valence-electron chi connectivity index (χ2n) is 6.24. The lowest BCUT2D eigenvalue weighted by molar-refractivity contribution is 1.12. The molecule has 0 aromatic heterocycles. The number of fused-ring (bicyclic) bond motifs is 1. The lowest BCUT2D eigenvalue weighted by Crippen LogP contribution is -2.03. The summed E-state index contributed by atoms with van der Waals surface area (Å²) in [5.74, 6) is 0. The minimum atomic E-state index is 1.11. The van der Waals surface area contributed by atoms with Crippen LogP contribution in [-0.4, -0.2) is 0 Å². The Morgan fingerprint density at radius 3 is 1.11 bits per heavy atom. The highest BCUT2D eigenvalue weighted by Crippen LogP contribution is 2.41. The maximum Gasteiger partial charge on any atom is -0.0102 e. The van der Waals surface area contributed by atoms with E-state index in [-0.39, 0.29) is 0 Å². The molecule has 0 bridgehead atoms. The van der Waals surface area contributed by atoms with Gasteiger partial charge in [0.05, 0.1) is 0 Å². The second-order valence-corrected chi connectivity index (χ2v) is 6.24. The van der Waals surface area contributed by atoms with Crippen molar-refractivity contribution in [2.75, 3.05) is 0 Å². The highest BCUT2D eigenvalue weighted by atomic mass is 14.3. The molecule has 0 N–H and O–H groups in total. The topological polar surface area (TPSA) is 0 Å². The first-order valence-electron chi connectivity index (χ1n) is 7.21. The number of rotatable bonds is 0. The SMILES string of the molecule is CC1=C(C)c2c(C)c(C)c(C)c(C)c2C(C)=C(C)C1. The van der Waals surface area contributed by atoms with E-state index in [1.54, 1.807) is 0 Å². The zero-order valence-electron chi connectivity index (χ0n) is 13.7. The monoisotopic (exact) mass is 254 g/mol. The number of benzene rings is 1. The standard InChI is InChI=1S/C19H26/c1-10-9-11(2)13(4)19-17(8)15(6)14(5)16(7)18(19)12(10)3/h9H2,1-8H3. The van der Waals surface area contributed by atoms with Crippen LogP contribution >= 0.6 is 0 Å². The maximum atomic E-state index is 2.29. The van der Waals surface area contributed by atoms with Crippen molar-refractivity contribution in [1.29, 1.82) is 0 Å². The third-order valence-corrected chi connectivity index (χ3v) is 5.25. The average molecular weight is 254 g/mol. The highest BCUT2D eigenvalue weighted by Gasteiger charge is 2.21. The second kappa shape index (κ2) is 4.67. The van der Waals surface area contributed by atoms with E-state index < -0.39 is 0 Å². The molecule has 102 valence electrons. The molecule has 1 aliphatic carbocycles. The van der Waals surface area contributed by atoms with E-state index in [1.807, 2.05) is 0 Å². The summed E-state index contributed by atoms with van der Waals surface area (Å²) in [6.45, 7) is 18.2. The molecule has 1 aliphatic rings. The number of allylic oxidation sites excluding steroid dienone is 4. The van der Waals surface area contributed by atoms with Gasteiger partial charge in [-0.3, -0.25) is 0 Å². The van der Waals surface area contributed by atoms with Crippen molar-refractivity contribution in [3.8, 4) is 0 Å². The van der Waals surface area contributed by atoms with Crippen molar-refractivity contribution in [3.05, 3.63) is 44.5 Å². The van der Waals surface area contributed by atoms with Crippen molar-refractivity contribution in [2.24, 2.45) is 0 Å². The van der Waals surface area contributed by atoms with Crippen LogP contribution in [0.3, 0.4) is 0 Å². The lowest BCUT2D eigenvalue weighted by atomic mass is 9.83. The van der Waals surface area contributed by atoms with Gasteiger partial charge in [-0.25, -0.2) is 0 Å². The van der Waals surface area contributed by atoms with Gasteiger partial charge < -0.3 is 0 Å². The Morgan fingerprint density at radius 1 is 0.474 bits per heavy atom. The lowest BCUT2D eigenvalue weighted by Gasteiger charge is -2.22. The molecule has 0 unspecified atom stereocenters. The molecule has 0 radical (unpaired) electrons. The molecule has 0 spiro atoms. The predicted octanol–water partition coefficient (Wildman–Crippen LogP) is 5.91. The first-order chi connectivity index (χ1) is 8.77. The van der Waals surface area contributed by atoms with Crippen molar-refractivity contribution in [3.63, 3.8) is 0 Å². The van der Waals surface area contributed by atoms with E-state index >= 15 is 0 Å². The zero-order chi connectivity index (χ0) is 14.5. The Balaban J connectivity index is 3.02. The molecule has 0 atom stereocenters. The van der Waals surface area contributed by atoms with Gasteiger partial charge in [0.25, 0.3) is 0 Å². The van der Waals surface area contributed by atoms with Gasteiger partial charge in [0.15, 0.2) is 0 Å². The van der Waals surface area contributed by atoms with Crippen LogP contribution in [0.5, 0.6) is 0 Å². The molecule has 0 heterocycles. The third kappa shape index (κ3) is 1.98. The number of hydrogen-bond donors (Lipinski definition) is 0. The fraction of sp³-hybridized carbons (Fsp3) is 0.474. The summed E-state index contributed by atoms with van der Waals surface area (Å²) in [7, 11) is 0. The Bertz CT molecular complexity index is 567. The quantitative estimate of drug-likeness (QED) is 0.540. The van der Waals surface area contributed by atoms with Gasteiger partial charge in [-0.1, -0.05) is 11.1 Å². The normalized spacial score (nSPS) is 15.8. The van der Waals surface area contributed by atoms with Crippen LogP contribution in [0.2, 0.25) is 0 Å². The van der Waals surface area contributed by atoms with E-state index in [0.717, 1.165) is 6.42 Å². The van der Waals surface area contributed by atoms with Gasteiger partial charge in [-0.15, -0.1) is 0 Å². The van der Waals surface area contributed by atoms with Crippen LogP contribution in [0.25, 0.3) is 11.1 Å². The third-order valence-electron chi connectivity index (χ3n) is 5.25. The Kier molecular flexibility index (Phi) is 3.47. The molecular formula is C19H26. The van der Waals surface area contributed by atoms with Crippen LogP contribution < -0.4 is 0 Å². The van der Waals surface area contributed by atoms with Crippen LogP contribution in [0.1, 0.15) is 67.5 Å². The molecule has 0 amide bonds. The summed E-state index contributed by atoms with van der Waals surface area (Å²) in [6, 6.07) is 0. The molecule has 0 aliphatic heterocycles. The van der Waals surface area contributed by atoms with Gasteiger partial charge in [-0.05, 0) is 106 Å². The Labute approximate surface area is 118 Å². The molecule has 2 rings (SSSR count). The summed E-state index contributed by atoms with van der Waals surface area (Å²) in [5.41, 5.74) is 14.8. The Hall–Kier alpha value is -1.30. The fourth-order valence-corrected chi connectivity index (χ4v) is 3.34. The molecule has 0 fully saturated rings. The minimum absolute atomic E-state index is 1.11. The fourth-order valence-electron chi connectivity index (χ4n) is 3.34. The number of hydrogen-bond acceptors (Lipinski definition) is 0. The summed E-state index contributed by atoms with van der Waals surface area (Å²) < 4.78 is 0. The molecular weight excluding hydrogens is 228 g/mol. The Morgan fingerprint density at radius 2 is 0.789 bits per heavy atom. The molecule has 1 aromatic rings. The first kappa shape index (κ1) is 14.1. The molecule has 0 saturated carbocycles. The van der Waals surface area contributed by atoms with E-state index in [2.05, 4.69) is 55.4 Å². The van der Waals surface area contributed by atoms with Crippen LogP contribution in [0.4, 0.5) is 0 Å². The molecule has 0 nitrogen and oxygen atoms in total. The van der Waals surface area contributed by atoms with Gasteiger partial charge in [-0.2, -0.15) is 0 Å². The summed E-state index contributed by atoms with van der Waals surface area (Å²) in [4.78, 5) is 0. The molecule has 0 saturated heterocycles. The minimum Gasteiger partial charge on any atom is -0.0657 e. The first-order valence-corrected chi connectivity index (χ1v) is 7.21. The maximum absolute atomic E-state index is 2.29. The van der Waals surface area contributed by atoms with Gasteiger partial charge in [0, 0.05) is 0 Å². The van der Waals surface area contributed by atoms with Gasteiger partial charge in [0.1, 0.15) is 0 Å². The van der Waals surface area contributed by atoms with Crippen molar-refractivity contribution in [2.45, 2.75) is 61.8 Å². The van der Waals surface area contributed by atoms with E-state index in [4.69, 9.17) is 0 Å². The summed E-state index contributed by atoms with van der Waals surface area (Å²) in [6.07, 6.45) is 1.11. The van der Waals surface area contributed by atoms with Crippen LogP contribution in [0, 0.1) is 27.7 Å². The molecule has 1 aromatic carbocycles. The largest absolute Gasteiger partial charge is 0.0657 e. The van der Waals surface area contributed by atoms with Crippen molar-refractivity contribution in [1.82, 2.24) is 0 Å². The van der Waals surface area contributed by atoms with Crippen LogP contribution in [0.15, 0.2) is 11.1 Å². The van der Waals surface area contributed by atoms with E-state index in [1.165, 1.54) is 55.7 Å². The summed E-state index contributed by atoms with van der Waals surface area (Å²) >= 11 is 0. The zero-order valence-corrected chi connectivity index (χ0v) is 13.7. The van der Waals surface area contributed by atoms with E-state index in [9.17, 15) is 0 Å². The van der Waals surface area contributed by atoms with Crippen molar-refractivity contribution >= 4 is 11.1 Å². The highest BCUT2D eigenvalue weighted by molar-refractivity contribution is 5.87. The van der Waals surface area contributed by atoms with Crippen molar-refractivity contribution < 1.29 is 0 Å². The predicted molar refractivity (Wildman–Crippen MR) is 86.5 cm³/mol. The summed E-state index contributed by atoms with van der Waals surface area (Å²) in [5, 5.41) is 0. The van der Waals surface area contributed by atoms with Crippen LogP contribution in [-0.2, 0) is 0 Å². The van der Waals surface area contributed by atoms with Gasteiger partial charge in [0.2, 0.25) is 0 Å². The molecule has 0 heteroatoms. The smallest absolute Gasteiger partial charge is 0.0102 e. The van der Waals surface area contributed by atoms with E-state index in [0.29, 0.717) is 0 Å². The average Bonchev–Trinajstić information content (AvgIpc) is 2.45. The molecule has 19 heavy (non-hydrogen) atoms. The van der Waals surface area contributed by atoms with Gasteiger partial charge >= 0.3 is 0 Å².